The number of alkyl halides is 4. The van der Waals surface area contributed by atoms with Gasteiger partial charge in [0, 0.05) is 0 Å². The second-order valence-electron chi connectivity index (χ2n) is 4.39. The third-order valence-corrected chi connectivity index (χ3v) is 3.70. The Hall–Kier alpha value is -1.94. The van der Waals surface area contributed by atoms with Crippen molar-refractivity contribution in [1.82, 2.24) is 0 Å². The molecule has 0 N–H and O–H groups in total. The molecule has 0 heterocycles. The number of rotatable bonds is 7. The minimum absolute atomic E-state index is 0.0258. The van der Waals surface area contributed by atoms with Crippen molar-refractivity contribution in [2.45, 2.75) is 17.6 Å². The number of ether oxygens (including phenoxy) is 1. The Kier molecular flexibility index (Phi) is 5.54. The first-order chi connectivity index (χ1) is 10.4. The second kappa shape index (κ2) is 6.67. The summed E-state index contributed by atoms with van der Waals surface area (Å²) in [7, 11) is -6.55. The summed E-state index contributed by atoms with van der Waals surface area (Å²) >= 11 is 0. The van der Waals surface area contributed by atoms with Crippen LogP contribution in [0, 0.1) is 0 Å². The lowest BCUT2D eigenvalue weighted by Crippen LogP contribution is -2.47. The maximum atomic E-state index is 13.1. The summed E-state index contributed by atoms with van der Waals surface area (Å²) in [5.74, 6) is -6.23. The normalized spacial score (nSPS) is 12.7. The Morgan fingerprint density at radius 2 is 1.74 bits per heavy atom. The molecule has 1 aromatic rings. The molecule has 0 aromatic heterocycles. The Labute approximate surface area is 129 Å². The number of hydrogen-bond acceptors (Lipinski definition) is 5. The van der Waals surface area contributed by atoms with Gasteiger partial charge >= 0.3 is 17.1 Å². The van der Waals surface area contributed by atoms with Gasteiger partial charge in [0.25, 0.3) is 0 Å². The largest absolute Gasteiger partial charge is 0.743 e. The predicted molar refractivity (Wildman–Crippen MR) is 71.0 cm³/mol. The molecular weight excluding hydrogens is 344 g/mol. The van der Waals surface area contributed by atoms with Crippen LogP contribution in [-0.2, 0) is 14.9 Å². The molecule has 10 heteroatoms. The molecule has 1 rings (SSSR count). The monoisotopic (exact) mass is 355 g/mol. The quantitative estimate of drug-likeness (QED) is 0.427. The lowest BCUT2D eigenvalue weighted by atomic mass is 10.1. The molecule has 0 bridgehead atoms. The molecule has 0 radical (unpaired) electrons. The van der Waals surface area contributed by atoms with Crippen molar-refractivity contribution >= 4 is 22.2 Å². The highest BCUT2D eigenvalue weighted by Gasteiger charge is 2.61. The minimum atomic E-state index is -6.55. The molecule has 0 fully saturated rings. The van der Waals surface area contributed by atoms with E-state index in [9.17, 15) is 35.3 Å². The van der Waals surface area contributed by atoms with Gasteiger partial charge in [0.2, 0.25) is 0 Å². The molecule has 0 amide bonds. The van der Waals surface area contributed by atoms with Crippen LogP contribution in [-0.4, -0.2) is 36.7 Å². The summed E-state index contributed by atoms with van der Waals surface area (Å²) in [6.45, 7) is 2.29. The zero-order valence-corrected chi connectivity index (χ0v) is 12.3. The molecule has 0 aliphatic carbocycles. The van der Waals surface area contributed by atoms with Crippen molar-refractivity contribution in [3.05, 3.63) is 42.0 Å². The first-order valence-electron chi connectivity index (χ1n) is 6.03. The molecular formula is C13H11F4O5S-. The average Bonchev–Trinajstić information content (AvgIpc) is 2.45. The fourth-order valence-corrected chi connectivity index (χ4v) is 1.91. The van der Waals surface area contributed by atoms with Crippen molar-refractivity contribution in [2.24, 2.45) is 0 Å². The van der Waals surface area contributed by atoms with Crippen molar-refractivity contribution in [2.75, 3.05) is 6.61 Å². The minimum Gasteiger partial charge on any atom is -0.743 e. The fraction of sp³-hybridized carbons (Fsp3) is 0.308. The van der Waals surface area contributed by atoms with E-state index in [-0.39, 0.29) is 5.56 Å². The van der Waals surface area contributed by atoms with Crippen LogP contribution in [0.25, 0.3) is 6.08 Å². The van der Waals surface area contributed by atoms with Gasteiger partial charge in [0.15, 0.2) is 10.1 Å². The highest BCUT2D eigenvalue weighted by molar-refractivity contribution is 7.86. The molecule has 0 unspecified atom stereocenters. The molecule has 0 aliphatic rings. The number of carbonyl (C=O) groups is 1. The van der Waals surface area contributed by atoms with Crippen LogP contribution in [0.5, 0.6) is 0 Å². The van der Waals surface area contributed by atoms with Crippen molar-refractivity contribution in [3.8, 4) is 0 Å². The average molecular weight is 355 g/mol. The van der Waals surface area contributed by atoms with E-state index in [4.69, 9.17) is 0 Å². The van der Waals surface area contributed by atoms with Gasteiger partial charge < -0.3 is 9.29 Å². The van der Waals surface area contributed by atoms with Crippen molar-refractivity contribution in [3.63, 3.8) is 0 Å². The van der Waals surface area contributed by atoms with Crippen LogP contribution in [0.3, 0.4) is 0 Å². The summed E-state index contributed by atoms with van der Waals surface area (Å²) in [4.78, 5) is 11.5. The van der Waals surface area contributed by atoms with Gasteiger partial charge in [-0.05, 0) is 17.7 Å². The molecule has 128 valence electrons. The summed E-state index contributed by atoms with van der Waals surface area (Å²) < 4.78 is 86.8. The smallest absolute Gasteiger partial charge is 0.396 e. The van der Waals surface area contributed by atoms with Gasteiger partial charge in [-0.15, -0.1) is 0 Å². The van der Waals surface area contributed by atoms with E-state index in [2.05, 4.69) is 11.3 Å². The first kappa shape index (κ1) is 19.1. The van der Waals surface area contributed by atoms with Gasteiger partial charge in [-0.2, -0.15) is 17.6 Å². The lowest BCUT2D eigenvalue weighted by molar-refractivity contribution is -0.168. The van der Waals surface area contributed by atoms with Crippen LogP contribution in [0.15, 0.2) is 30.8 Å². The summed E-state index contributed by atoms with van der Waals surface area (Å²) in [6, 6.07) is 5.56. The van der Waals surface area contributed by atoms with E-state index >= 15 is 0 Å². The third kappa shape index (κ3) is 4.29. The molecule has 23 heavy (non-hydrogen) atoms. The topological polar surface area (TPSA) is 83.5 Å². The van der Waals surface area contributed by atoms with E-state index in [1.165, 1.54) is 30.3 Å². The van der Waals surface area contributed by atoms with E-state index in [0.29, 0.717) is 5.56 Å². The van der Waals surface area contributed by atoms with Gasteiger partial charge in [-0.1, -0.05) is 24.8 Å². The van der Waals surface area contributed by atoms with Crippen molar-refractivity contribution in [1.29, 1.82) is 0 Å². The Bertz CT molecular complexity index is 683. The molecule has 1 aromatic carbocycles. The molecule has 0 aliphatic heterocycles. The fourth-order valence-electron chi connectivity index (χ4n) is 1.44. The maximum absolute atomic E-state index is 13.1. The van der Waals surface area contributed by atoms with Crippen LogP contribution in [0.4, 0.5) is 17.6 Å². The highest BCUT2D eigenvalue weighted by atomic mass is 32.2. The number of benzene rings is 1. The zero-order chi connectivity index (χ0) is 17.9. The highest BCUT2D eigenvalue weighted by Crippen LogP contribution is 2.40. The van der Waals surface area contributed by atoms with Gasteiger partial charge in [0.05, 0.1) is 18.6 Å². The van der Waals surface area contributed by atoms with E-state index in [1.807, 2.05) is 0 Å². The van der Waals surface area contributed by atoms with Crippen LogP contribution < -0.4 is 0 Å². The van der Waals surface area contributed by atoms with Crippen LogP contribution >= 0.6 is 0 Å². The summed E-state index contributed by atoms with van der Waals surface area (Å²) in [6.07, 6.45) is -0.334. The number of hydrogen-bond donors (Lipinski definition) is 0. The number of carbonyl (C=O) groups excluding carboxylic acids is 1. The van der Waals surface area contributed by atoms with E-state index < -0.39 is 40.3 Å². The Morgan fingerprint density at radius 1 is 1.22 bits per heavy atom. The van der Waals surface area contributed by atoms with Crippen molar-refractivity contribution < 1.29 is 40.1 Å². The first-order valence-corrected chi connectivity index (χ1v) is 7.44. The zero-order valence-electron chi connectivity index (χ0n) is 11.5. The maximum Gasteiger partial charge on any atom is 0.396 e. The molecule has 0 spiro atoms. The SMILES string of the molecule is C=Cc1ccc(C(=O)OCCC(F)(F)C(F)(F)S(=O)(=O)[O-])cc1. The second-order valence-corrected chi connectivity index (χ2v) is 5.81. The standard InChI is InChI=1S/C13H12F4O5S/c1-2-9-3-5-10(6-4-9)11(18)22-8-7-12(14,15)13(16,17)23(19,20)21/h2-6H,1,7-8H2,(H,19,20,21)/p-1. The third-order valence-electron chi connectivity index (χ3n) is 2.77. The van der Waals surface area contributed by atoms with Gasteiger partial charge in [0.1, 0.15) is 0 Å². The number of esters is 1. The molecule has 0 saturated heterocycles. The van der Waals surface area contributed by atoms with Crippen LogP contribution in [0.2, 0.25) is 0 Å². The van der Waals surface area contributed by atoms with Gasteiger partial charge in [-0.3, -0.25) is 0 Å². The molecule has 5 nitrogen and oxygen atoms in total. The Morgan fingerprint density at radius 3 is 2.17 bits per heavy atom. The summed E-state index contributed by atoms with van der Waals surface area (Å²) in [5.41, 5.74) is 0.649. The molecule has 0 saturated carbocycles. The van der Waals surface area contributed by atoms with E-state index in [1.54, 1.807) is 0 Å². The number of halogens is 4. The molecule has 0 atom stereocenters. The predicted octanol–water partition coefficient (Wildman–Crippen LogP) is 2.65. The van der Waals surface area contributed by atoms with Gasteiger partial charge in [-0.25, -0.2) is 13.2 Å². The Balaban J connectivity index is 2.68. The van der Waals surface area contributed by atoms with E-state index in [0.717, 1.165) is 0 Å². The lowest BCUT2D eigenvalue weighted by Gasteiger charge is -2.28. The summed E-state index contributed by atoms with van der Waals surface area (Å²) in [5, 5.41) is -5.79. The van der Waals surface area contributed by atoms with Crippen LogP contribution in [0.1, 0.15) is 22.3 Å².